The maximum absolute atomic E-state index is 13.7. The quantitative estimate of drug-likeness (QED) is 0.800. The molecule has 0 saturated heterocycles. The van der Waals surface area contributed by atoms with Crippen LogP contribution in [0.4, 0.5) is 4.39 Å². The molecule has 1 aromatic carbocycles. The Morgan fingerprint density at radius 1 is 1.36 bits per heavy atom. The first-order valence-electron chi connectivity index (χ1n) is 10.7. The molecule has 0 radical (unpaired) electrons. The molecule has 152 valence electrons. The number of amides is 1. The summed E-state index contributed by atoms with van der Waals surface area (Å²) in [6.07, 6.45) is 4.97. The predicted molar refractivity (Wildman–Crippen MR) is 109 cm³/mol. The van der Waals surface area contributed by atoms with Gasteiger partial charge in [-0.2, -0.15) is 5.10 Å². The Bertz CT molecular complexity index is 805. The van der Waals surface area contributed by atoms with Gasteiger partial charge in [0.2, 0.25) is 0 Å². The Morgan fingerprint density at radius 2 is 2.14 bits per heavy atom. The number of halogens is 1. The number of fused-ring (bicyclic) bond motifs is 2. The van der Waals surface area contributed by atoms with Crippen LogP contribution in [0.2, 0.25) is 0 Å². The van der Waals surface area contributed by atoms with E-state index in [1.54, 1.807) is 12.1 Å². The number of nitrogens with zero attached hydrogens (tertiary/aromatic N) is 2. The predicted octanol–water partition coefficient (Wildman–Crippen LogP) is 4.67. The summed E-state index contributed by atoms with van der Waals surface area (Å²) in [5, 5.41) is 9.92. The highest BCUT2D eigenvalue weighted by Crippen LogP contribution is 2.65. The van der Waals surface area contributed by atoms with E-state index in [0.717, 1.165) is 24.9 Å². The number of benzene rings is 1. The van der Waals surface area contributed by atoms with Gasteiger partial charge >= 0.3 is 0 Å². The van der Waals surface area contributed by atoms with Gasteiger partial charge in [-0.05, 0) is 60.1 Å². The smallest absolute Gasteiger partial charge is 0.267 e. The van der Waals surface area contributed by atoms with E-state index in [0.29, 0.717) is 18.1 Å². The van der Waals surface area contributed by atoms with Crippen LogP contribution in [0.25, 0.3) is 0 Å². The van der Waals surface area contributed by atoms with Crippen LogP contribution in [0.5, 0.6) is 0 Å². The Balaban J connectivity index is 1.50. The van der Waals surface area contributed by atoms with Gasteiger partial charge in [0.25, 0.3) is 5.91 Å². The highest BCUT2D eigenvalue weighted by Gasteiger charge is 2.61. The molecule has 1 aromatic rings. The summed E-state index contributed by atoms with van der Waals surface area (Å²) in [4.78, 5) is 13.1. The zero-order valence-electron chi connectivity index (χ0n) is 17.5. The van der Waals surface area contributed by atoms with E-state index in [9.17, 15) is 9.18 Å². The lowest BCUT2D eigenvalue weighted by Gasteiger charge is -2.39. The van der Waals surface area contributed by atoms with Crippen molar-refractivity contribution in [2.24, 2.45) is 21.8 Å². The van der Waals surface area contributed by atoms with Crippen molar-refractivity contribution in [2.75, 3.05) is 6.54 Å². The molecule has 2 bridgehead atoms. The van der Waals surface area contributed by atoms with E-state index >= 15 is 0 Å². The van der Waals surface area contributed by atoms with Crippen molar-refractivity contribution in [3.63, 3.8) is 0 Å². The van der Waals surface area contributed by atoms with Gasteiger partial charge in [0.05, 0.1) is 6.04 Å². The first-order valence-corrected chi connectivity index (χ1v) is 10.7. The molecule has 4 nitrogen and oxygen atoms in total. The van der Waals surface area contributed by atoms with Crippen LogP contribution in [-0.2, 0) is 4.79 Å². The average molecular weight is 386 g/mol. The first-order chi connectivity index (χ1) is 13.3. The molecule has 3 aliphatic rings. The fraction of sp³-hybridized carbons (Fsp3) is 0.652. The molecule has 28 heavy (non-hydrogen) atoms. The van der Waals surface area contributed by atoms with E-state index < -0.39 is 0 Å². The molecule has 1 unspecified atom stereocenters. The Labute approximate surface area is 167 Å². The molecule has 2 saturated carbocycles. The van der Waals surface area contributed by atoms with Gasteiger partial charge in [-0.25, -0.2) is 4.39 Å². The normalized spacial score (nSPS) is 33.2. The third-order valence-electron chi connectivity index (χ3n) is 8.04. The van der Waals surface area contributed by atoms with Crippen LogP contribution in [0.1, 0.15) is 71.4 Å². The number of hydrazone groups is 1. The van der Waals surface area contributed by atoms with Crippen molar-refractivity contribution in [3.8, 4) is 0 Å². The largest absolute Gasteiger partial charge is 0.348 e. The minimum Gasteiger partial charge on any atom is -0.348 e. The number of hydrogen-bond donors (Lipinski definition) is 1. The third-order valence-corrected chi connectivity index (χ3v) is 8.04. The van der Waals surface area contributed by atoms with E-state index in [2.05, 4.69) is 38.1 Å². The van der Waals surface area contributed by atoms with Crippen molar-refractivity contribution in [1.29, 1.82) is 0 Å². The first kappa shape index (κ1) is 19.4. The summed E-state index contributed by atoms with van der Waals surface area (Å²) >= 11 is 0. The standard InChI is InChI=1S/C23H32FN3O/c1-5-11-27-19(15-7-6-8-17(24)12-15)14-18(26-27)21(28)25-20-13-16-9-10-23(20,4)22(16,2)3/h6-8,12,16,19-20H,5,9-11,13-14H2,1-4H3,(H,25,28)/t16-,19?,20+,23+/m1/s1. The molecule has 4 atom stereocenters. The Morgan fingerprint density at radius 3 is 2.75 bits per heavy atom. The van der Waals surface area contributed by atoms with Gasteiger partial charge in [-0.1, -0.05) is 39.8 Å². The maximum Gasteiger partial charge on any atom is 0.267 e. The molecule has 0 aromatic heterocycles. The second-order valence-electron chi connectivity index (χ2n) is 9.62. The minimum atomic E-state index is -0.246. The Kier molecular flexibility index (Phi) is 4.75. The number of hydrogen-bond acceptors (Lipinski definition) is 3. The average Bonchev–Trinajstić information content (AvgIpc) is 3.22. The number of carbonyl (C=O) groups excluding carboxylic acids is 1. The van der Waals surface area contributed by atoms with E-state index in [4.69, 9.17) is 0 Å². The monoisotopic (exact) mass is 385 g/mol. The minimum absolute atomic E-state index is 0.0467. The molecular weight excluding hydrogens is 353 g/mol. The lowest BCUT2D eigenvalue weighted by atomic mass is 9.69. The molecule has 1 amide bonds. The molecule has 2 fully saturated rings. The molecular formula is C23H32FN3O. The number of nitrogens with one attached hydrogen (secondary N) is 1. The molecule has 1 aliphatic heterocycles. The maximum atomic E-state index is 13.7. The van der Waals surface area contributed by atoms with Gasteiger partial charge < -0.3 is 5.32 Å². The summed E-state index contributed by atoms with van der Waals surface area (Å²) in [6.45, 7) is 9.89. The zero-order valence-corrected chi connectivity index (χ0v) is 17.5. The topological polar surface area (TPSA) is 44.7 Å². The van der Waals surface area contributed by atoms with Crippen molar-refractivity contribution in [2.45, 2.75) is 71.9 Å². The summed E-state index contributed by atoms with van der Waals surface area (Å²) in [6, 6.07) is 6.81. The fourth-order valence-corrected chi connectivity index (χ4v) is 5.79. The van der Waals surface area contributed by atoms with Crippen LogP contribution in [0.3, 0.4) is 0 Å². The third kappa shape index (κ3) is 2.94. The van der Waals surface area contributed by atoms with Crippen molar-refractivity contribution >= 4 is 11.6 Å². The highest BCUT2D eigenvalue weighted by atomic mass is 19.1. The van der Waals surface area contributed by atoms with Crippen LogP contribution in [-0.4, -0.2) is 29.2 Å². The van der Waals surface area contributed by atoms with Gasteiger partial charge in [0.1, 0.15) is 11.5 Å². The molecule has 2 aliphatic carbocycles. The summed E-state index contributed by atoms with van der Waals surface area (Å²) in [5.41, 5.74) is 1.87. The Hall–Kier alpha value is -1.91. The lowest BCUT2D eigenvalue weighted by Crippen LogP contribution is -2.48. The van der Waals surface area contributed by atoms with Crippen LogP contribution in [0, 0.1) is 22.6 Å². The number of rotatable bonds is 5. The molecule has 1 heterocycles. The van der Waals surface area contributed by atoms with Crippen LogP contribution < -0.4 is 5.32 Å². The molecule has 5 heteroatoms. The molecule has 4 rings (SSSR count). The molecule has 0 spiro atoms. The van der Waals surface area contributed by atoms with E-state index in [-0.39, 0.29) is 34.6 Å². The van der Waals surface area contributed by atoms with E-state index in [1.165, 1.54) is 18.9 Å². The second kappa shape index (κ2) is 6.85. The molecule has 1 N–H and O–H groups in total. The van der Waals surface area contributed by atoms with Crippen LogP contribution in [0.15, 0.2) is 29.4 Å². The summed E-state index contributed by atoms with van der Waals surface area (Å²) < 4.78 is 13.7. The second-order valence-corrected chi connectivity index (χ2v) is 9.62. The van der Waals surface area contributed by atoms with Crippen molar-refractivity contribution < 1.29 is 9.18 Å². The summed E-state index contributed by atoms with van der Waals surface area (Å²) in [5.74, 6) is 0.392. The van der Waals surface area contributed by atoms with Gasteiger partial charge in [-0.15, -0.1) is 0 Å². The number of carbonyl (C=O) groups is 1. The van der Waals surface area contributed by atoms with Crippen molar-refractivity contribution in [3.05, 3.63) is 35.6 Å². The zero-order chi connectivity index (χ0) is 20.1. The fourth-order valence-electron chi connectivity index (χ4n) is 5.79. The highest BCUT2D eigenvalue weighted by molar-refractivity contribution is 6.39. The summed E-state index contributed by atoms with van der Waals surface area (Å²) in [7, 11) is 0. The van der Waals surface area contributed by atoms with Crippen LogP contribution >= 0.6 is 0 Å². The van der Waals surface area contributed by atoms with Gasteiger partial charge in [0.15, 0.2) is 0 Å². The van der Waals surface area contributed by atoms with Gasteiger partial charge in [-0.3, -0.25) is 9.80 Å². The lowest BCUT2D eigenvalue weighted by molar-refractivity contribution is -0.116. The van der Waals surface area contributed by atoms with Crippen molar-refractivity contribution in [1.82, 2.24) is 10.3 Å². The SMILES string of the molecule is CCCN1N=C(C(=O)N[C@H]2C[C@H]3CC[C@]2(C)C3(C)C)CC1c1cccc(F)c1. The van der Waals surface area contributed by atoms with Gasteiger partial charge in [0, 0.05) is 19.0 Å². The van der Waals surface area contributed by atoms with E-state index in [1.807, 2.05) is 11.1 Å².